The highest BCUT2D eigenvalue weighted by molar-refractivity contribution is 5.96. The molecule has 1 aromatic heterocycles. The first-order valence-corrected chi connectivity index (χ1v) is 9.77. The molecule has 6 nitrogen and oxygen atoms in total. The second-order valence-electron chi connectivity index (χ2n) is 6.66. The molecule has 0 radical (unpaired) electrons. The van der Waals surface area contributed by atoms with Crippen molar-refractivity contribution >= 4 is 22.7 Å². The van der Waals surface area contributed by atoms with Gasteiger partial charge in [-0.1, -0.05) is 25.5 Å². The van der Waals surface area contributed by atoms with Gasteiger partial charge in [-0.05, 0) is 37.6 Å². The number of benzene rings is 2. The summed E-state index contributed by atoms with van der Waals surface area (Å²) in [6, 6.07) is 15.5. The number of aryl methyl sites for hydroxylation is 1. The standard InChI is InChI=1S/C23H25N3O3/c1-4-6-12-29-23(27)25-17-9-7-8-16(13-17)22-20(15-24)19-11-10-18(28-3)14-21(19)26(22)5-2/h7-11,13-14H,4-6,12H2,1-3H3,(H,25,27). The summed E-state index contributed by atoms with van der Waals surface area (Å²) in [6.07, 6.45) is 1.32. The maximum Gasteiger partial charge on any atom is 0.411 e. The van der Waals surface area contributed by atoms with Gasteiger partial charge in [-0.3, -0.25) is 5.32 Å². The van der Waals surface area contributed by atoms with Gasteiger partial charge in [-0.25, -0.2) is 4.79 Å². The molecule has 0 unspecified atom stereocenters. The second kappa shape index (κ2) is 9.16. The molecule has 1 heterocycles. The number of amides is 1. The second-order valence-corrected chi connectivity index (χ2v) is 6.66. The minimum Gasteiger partial charge on any atom is -0.497 e. The predicted octanol–water partition coefficient (Wildman–Crippen LogP) is 5.56. The van der Waals surface area contributed by atoms with Crippen molar-refractivity contribution in [3.8, 4) is 23.1 Å². The van der Waals surface area contributed by atoms with E-state index < -0.39 is 6.09 Å². The van der Waals surface area contributed by atoms with Gasteiger partial charge in [0.05, 0.1) is 30.5 Å². The first kappa shape index (κ1) is 20.3. The average molecular weight is 391 g/mol. The number of hydrogen-bond acceptors (Lipinski definition) is 4. The maximum atomic E-state index is 12.0. The Morgan fingerprint density at radius 1 is 1.21 bits per heavy atom. The molecular formula is C23H25N3O3. The van der Waals surface area contributed by atoms with E-state index in [1.165, 1.54) is 0 Å². The van der Waals surface area contributed by atoms with Gasteiger partial charge in [0.2, 0.25) is 0 Å². The number of anilines is 1. The number of aromatic nitrogens is 1. The Kier molecular flexibility index (Phi) is 6.40. The number of nitrogens with one attached hydrogen (secondary N) is 1. The van der Waals surface area contributed by atoms with Crippen LogP contribution in [0.15, 0.2) is 42.5 Å². The Balaban J connectivity index is 2.02. The summed E-state index contributed by atoms with van der Waals surface area (Å²) in [7, 11) is 1.63. The van der Waals surface area contributed by atoms with Gasteiger partial charge in [-0.2, -0.15) is 5.26 Å². The number of unbranched alkanes of at least 4 members (excludes halogenated alkanes) is 1. The summed E-state index contributed by atoms with van der Waals surface area (Å²) < 4.78 is 12.6. The van der Waals surface area contributed by atoms with Crippen LogP contribution in [0.4, 0.5) is 10.5 Å². The van der Waals surface area contributed by atoms with E-state index in [1.807, 2.05) is 50.2 Å². The summed E-state index contributed by atoms with van der Waals surface area (Å²) in [5, 5.41) is 13.5. The summed E-state index contributed by atoms with van der Waals surface area (Å²) in [5.41, 5.74) is 3.84. The van der Waals surface area contributed by atoms with E-state index in [0.717, 1.165) is 40.8 Å². The molecule has 1 N–H and O–H groups in total. The van der Waals surface area contributed by atoms with Gasteiger partial charge < -0.3 is 14.0 Å². The Morgan fingerprint density at radius 2 is 2.03 bits per heavy atom. The number of fused-ring (bicyclic) bond motifs is 1. The van der Waals surface area contributed by atoms with E-state index in [0.29, 0.717) is 24.4 Å². The molecule has 2 aromatic carbocycles. The molecule has 0 atom stereocenters. The van der Waals surface area contributed by atoms with Gasteiger partial charge >= 0.3 is 6.09 Å². The van der Waals surface area contributed by atoms with Crippen LogP contribution in [0.25, 0.3) is 22.2 Å². The molecule has 6 heteroatoms. The molecule has 0 aliphatic heterocycles. The molecule has 0 bridgehead atoms. The highest BCUT2D eigenvalue weighted by atomic mass is 16.5. The lowest BCUT2D eigenvalue weighted by Crippen LogP contribution is -2.14. The quantitative estimate of drug-likeness (QED) is 0.535. The fourth-order valence-electron chi connectivity index (χ4n) is 3.41. The van der Waals surface area contributed by atoms with Crippen molar-refractivity contribution in [1.29, 1.82) is 5.26 Å². The summed E-state index contributed by atoms with van der Waals surface area (Å²) >= 11 is 0. The zero-order valence-corrected chi connectivity index (χ0v) is 17.0. The summed E-state index contributed by atoms with van der Waals surface area (Å²) in [4.78, 5) is 12.0. The number of carbonyl (C=O) groups is 1. The van der Waals surface area contributed by atoms with Gasteiger partial charge in [-0.15, -0.1) is 0 Å². The topological polar surface area (TPSA) is 76.3 Å². The van der Waals surface area contributed by atoms with Crippen LogP contribution in [0.3, 0.4) is 0 Å². The molecule has 0 spiro atoms. The van der Waals surface area contributed by atoms with Crippen molar-refractivity contribution in [3.05, 3.63) is 48.0 Å². The first-order chi connectivity index (χ1) is 14.1. The maximum absolute atomic E-state index is 12.0. The molecular weight excluding hydrogens is 366 g/mol. The van der Waals surface area contributed by atoms with Crippen molar-refractivity contribution in [2.75, 3.05) is 19.0 Å². The monoisotopic (exact) mass is 391 g/mol. The minimum absolute atomic E-state index is 0.395. The Morgan fingerprint density at radius 3 is 2.72 bits per heavy atom. The normalized spacial score (nSPS) is 10.6. The third-order valence-electron chi connectivity index (χ3n) is 4.81. The number of ether oxygens (including phenoxy) is 2. The van der Waals surface area contributed by atoms with Gasteiger partial charge in [0.25, 0.3) is 0 Å². The summed E-state index contributed by atoms with van der Waals surface area (Å²) in [6.45, 7) is 5.17. The fraction of sp³-hybridized carbons (Fsp3) is 0.304. The van der Waals surface area contributed by atoms with Crippen molar-refractivity contribution in [2.45, 2.75) is 33.2 Å². The van der Waals surface area contributed by atoms with E-state index in [-0.39, 0.29) is 0 Å². The number of nitriles is 1. The van der Waals surface area contributed by atoms with Crippen molar-refractivity contribution < 1.29 is 14.3 Å². The molecule has 0 saturated carbocycles. The highest BCUT2D eigenvalue weighted by Crippen LogP contribution is 2.36. The molecule has 0 fully saturated rings. The van der Waals surface area contributed by atoms with Gasteiger partial charge in [0.15, 0.2) is 0 Å². The fourth-order valence-corrected chi connectivity index (χ4v) is 3.41. The van der Waals surface area contributed by atoms with Gasteiger partial charge in [0, 0.05) is 29.2 Å². The number of methoxy groups -OCH3 is 1. The number of rotatable bonds is 7. The molecule has 0 aliphatic rings. The van der Waals surface area contributed by atoms with Crippen LogP contribution in [-0.2, 0) is 11.3 Å². The highest BCUT2D eigenvalue weighted by Gasteiger charge is 2.19. The number of carbonyl (C=O) groups excluding carboxylic acids is 1. The van der Waals surface area contributed by atoms with Crippen molar-refractivity contribution in [2.24, 2.45) is 0 Å². The van der Waals surface area contributed by atoms with Crippen LogP contribution < -0.4 is 10.1 Å². The average Bonchev–Trinajstić information content (AvgIpc) is 3.06. The van der Waals surface area contributed by atoms with Crippen molar-refractivity contribution in [1.82, 2.24) is 4.57 Å². The zero-order chi connectivity index (χ0) is 20.8. The number of nitrogens with zero attached hydrogens (tertiary/aromatic N) is 2. The van der Waals surface area contributed by atoms with E-state index >= 15 is 0 Å². The lowest BCUT2D eigenvalue weighted by atomic mass is 10.1. The third-order valence-corrected chi connectivity index (χ3v) is 4.81. The lowest BCUT2D eigenvalue weighted by molar-refractivity contribution is 0.160. The molecule has 150 valence electrons. The molecule has 29 heavy (non-hydrogen) atoms. The third kappa shape index (κ3) is 4.19. The smallest absolute Gasteiger partial charge is 0.411 e. The molecule has 3 aromatic rings. The van der Waals surface area contributed by atoms with Crippen LogP contribution in [0.1, 0.15) is 32.3 Å². The minimum atomic E-state index is -0.475. The zero-order valence-electron chi connectivity index (χ0n) is 17.0. The van der Waals surface area contributed by atoms with Gasteiger partial charge in [0.1, 0.15) is 11.8 Å². The Bertz CT molecular complexity index is 1060. The van der Waals surface area contributed by atoms with Crippen LogP contribution in [0.5, 0.6) is 5.75 Å². The van der Waals surface area contributed by atoms with E-state index in [1.54, 1.807) is 13.2 Å². The summed E-state index contributed by atoms with van der Waals surface area (Å²) in [5.74, 6) is 0.742. The van der Waals surface area contributed by atoms with Crippen LogP contribution in [0.2, 0.25) is 0 Å². The SMILES string of the molecule is CCCCOC(=O)Nc1cccc(-c2c(C#N)c3ccc(OC)cc3n2CC)c1. The largest absolute Gasteiger partial charge is 0.497 e. The van der Waals surface area contributed by atoms with E-state index in [2.05, 4.69) is 16.0 Å². The molecule has 3 rings (SSSR count). The predicted molar refractivity (Wildman–Crippen MR) is 114 cm³/mol. The molecule has 1 amide bonds. The molecule has 0 aliphatic carbocycles. The van der Waals surface area contributed by atoms with E-state index in [9.17, 15) is 10.1 Å². The van der Waals surface area contributed by atoms with Crippen molar-refractivity contribution in [3.63, 3.8) is 0 Å². The molecule has 0 saturated heterocycles. The van der Waals surface area contributed by atoms with Crippen LogP contribution >= 0.6 is 0 Å². The Hall–Kier alpha value is -3.46. The van der Waals surface area contributed by atoms with E-state index in [4.69, 9.17) is 9.47 Å². The number of hydrogen-bond donors (Lipinski definition) is 1. The lowest BCUT2D eigenvalue weighted by Gasteiger charge is -2.11. The van der Waals surface area contributed by atoms with Crippen LogP contribution in [-0.4, -0.2) is 24.4 Å². The first-order valence-electron chi connectivity index (χ1n) is 9.77. The Labute approximate surface area is 170 Å². The van der Waals surface area contributed by atoms with Crippen LogP contribution in [0, 0.1) is 11.3 Å².